The van der Waals surface area contributed by atoms with Crippen LogP contribution in [0.1, 0.15) is 72.6 Å². The number of Topliss-reactive ketones (excluding diaryl/α,β-unsaturated/α-hetero) is 2. The fourth-order valence-corrected chi connectivity index (χ4v) is 6.66. The van der Waals surface area contributed by atoms with Crippen molar-refractivity contribution in [2.24, 2.45) is 28.1 Å². The topological polar surface area (TPSA) is 71.4 Å². The number of hydrogen-bond acceptors (Lipinski definition) is 3. The van der Waals surface area contributed by atoms with Crippen molar-refractivity contribution < 1.29 is 19.5 Å². The van der Waals surface area contributed by atoms with Crippen LogP contribution in [-0.4, -0.2) is 22.6 Å². The third-order valence-corrected chi connectivity index (χ3v) is 7.85. The van der Waals surface area contributed by atoms with E-state index in [2.05, 4.69) is 20.8 Å². The molecule has 0 aromatic carbocycles. The molecule has 25 heavy (non-hydrogen) atoms. The van der Waals surface area contributed by atoms with Crippen LogP contribution in [-0.2, 0) is 14.4 Å². The van der Waals surface area contributed by atoms with Gasteiger partial charge in [-0.3, -0.25) is 9.59 Å². The van der Waals surface area contributed by atoms with Gasteiger partial charge >= 0.3 is 5.97 Å². The van der Waals surface area contributed by atoms with E-state index < -0.39 is 11.4 Å². The van der Waals surface area contributed by atoms with Gasteiger partial charge in [0, 0.05) is 12.0 Å². The Kier molecular flexibility index (Phi) is 4.24. The molecule has 4 atom stereocenters. The number of ketones is 2. The molecule has 0 aromatic heterocycles. The zero-order valence-electron chi connectivity index (χ0n) is 15.9. The Morgan fingerprint density at radius 1 is 1.12 bits per heavy atom. The molecule has 1 unspecified atom stereocenters. The van der Waals surface area contributed by atoms with Gasteiger partial charge in [0.25, 0.3) is 0 Å². The van der Waals surface area contributed by atoms with Gasteiger partial charge in [0.05, 0.1) is 5.41 Å². The van der Waals surface area contributed by atoms with E-state index in [1.165, 1.54) is 13.3 Å². The molecule has 0 spiro atoms. The second-order valence-electron chi connectivity index (χ2n) is 9.39. The van der Waals surface area contributed by atoms with E-state index in [4.69, 9.17) is 0 Å². The lowest BCUT2D eigenvalue weighted by Crippen LogP contribution is -2.59. The number of allylic oxidation sites excluding steroid dienone is 1. The Morgan fingerprint density at radius 3 is 2.40 bits per heavy atom. The molecule has 0 radical (unpaired) electrons. The van der Waals surface area contributed by atoms with Crippen molar-refractivity contribution in [3.05, 3.63) is 11.6 Å². The Balaban J connectivity index is 2.14. The largest absolute Gasteiger partial charge is 0.478 e. The van der Waals surface area contributed by atoms with Gasteiger partial charge in [0.15, 0.2) is 5.78 Å². The average molecular weight is 346 g/mol. The van der Waals surface area contributed by atoms with Crippen molar-refractivity contribution in [3.63, 3.8) is 0 Å². The van der Waals surface area contributed by atoms with Crippen LogP contribution in [0.5, 0.6) is 0 Å². The Bertz CT molecular complexity index is 659. The van der Waals surface area contributed by atoms with Crippen LogP contribution in [0.15, 0.2) is 11.6 Å². The minimum Gasteiger partial charge on any atom is -0.478 e. The second-order valence-corrected chi connectivity index (χ2v) is 9.39. The molecule has 2 fully saturated rings. The van der Waals surface area contributed by atoms with Crippen LogP contribution in [0.2, 0.25) is 0 Å². The minimum absolute atomic E-state index is 0.0643. The molecule has 0 heterocycles. The van der Waals surface area contributed by atoms with E-state index >= 15 is 0 Å². The fourth-order valence-electron chi connectivity index (χ4n) is 6.66. The third-order valence-electron chi connectivity index (χ3n) is 7.85. The summed E-state index contributed by atoms with van der Waals surface area (Å²) < 4.78 is 0. The summed E-state index contributed by atoms with van der Waals surface area (Å²) in [5, 5.41) is 9.41. The molecule has 1 N–H and O–H groups in total. The number of carboxylic acids is 1. The fraction of sp³-hybridized carbons (Fsp3) is 0.762. The van der Waals surface area contributed by atoms with Crippen LogP contribution in [0.3, 0.4) is 0 Å². The normalized spacial score (nSPS) is 40.3. The zero-order chi connectivity index (χ0) is 18.6. The summed E-state index contributed by atoms with van der Waals surface area (Å²) in [5.41, 5.74) is -0.724. The Labute approximate surface area is 150 Å². The van der Waals surface area contributed by atoms with Crippen molar-refractivity contribution in [2.75, 3.05) is 0 Å². The van der Waals surface area contributed by atoms with E-state index in [-0.39, 0.29) is 40.3 Å². The van der Waals surface area contributed by atoms with Crippen molar-refractivity contribution in [2.45, 2.75) is 72.6 Å². The maximum atomic E-state index is 13.2. The van der Waals surface area contributed by atoms with Crippen LogP contribution in [0.4, 0.5) is 0 Å². The minimum atomic E-state index is -1.03. The molecule has 0 aliphatic heterocycles. The number of carbonyl (C=O) groups is 3. The third kappa shape index (κ3) is 2.51. The molecule has 138 valence electrons. The van der Waals surface area contributed by atoms with Crippen LogP contribution in [0, 0.1) is 28.1 Å². The SMILES string of the molecule is CC(=O)[C@@]12CCC3C(C)(C)CCC[C@]3(C)[C@H]1CC=C(C(=O)O)CC2=O. The Morgan fingerprint density at radius 2 is 1.80 bits per heavy atom. The first kappa shape index (κ1) is 18.3. The zero-order valence-corrected chi connectivity index (χ0v) is 15.9. The lowest BCUT2D eigenvalue weighted by atomic mass is 9.41. The predicted molar refractivity (Wildman–Crippen MR) is 95.0 cm³/mol. The first-order chi connectivity index (χ1) is 11.6. The number of carbonyl (C=O) groups excluding carboxylic acids is 2. The molecule has 3 rings (SSSR count). The molecule has 0 saturated heterocycles. The van der Waals surface area contributed by atoms with Gasteiger partial charge in [-0.05, 0) is 61.7 Å². The Hall–Kier alpha value is -1.45. The first-order valence-corrected chi connectivity index (χ1v) is 9.52. The number of fused-ring (bicyclic) bond motifs is 3. The lowest BCUT2D eigenvalue weighted by Gasteiger charge is -2.61. The molecule has 0 bridgehead atoms. The highest BCUT2D eigenvalue weighted by Gasteiger charge is 2.63. The van der Waals surface area contributed by atoms with E-state index in [9.17, 15) is 19.5 Å². The predicted octanol–water partition coefficient (Wildman–Crippen LogP) is 4.18. The molecule has 0 aromatic rings. The highest BCUT2D eigenvalue weighted by Crippen LogP contribution is 2.66. The van der Waals surface area contributed by atoms with Gasteiger partial charge in [-0.15, -0.1) is 0 Å². The van der Waals surface area contributed by atoms with Crippen molar-refractivity contribution >= 4 is 17.5 Å². The highest BCUT2D eigenvalue weighted by atomic mass is 16.4. The molecule has 4 nitrogen and oxygen atoms in total. The summed E-state index contributed by atoms with van der Waals surface area (Å²) in [4.78, 5) is 37.5. The molecule has 2 saturated carbocycles. The van der Waals surface area contributed by atoms with E-state index in [0.717, 1.165) is 19.3 Å². The molecule has 3 aliphatic carbocycles. The monoisotopic (exact) mass is 346 g/mol. The smallest absolute Gasteiger partial charge is 0.331 e. The van der Waals surface area contributed by atoms with Crippen LogP contribution < -0.4 is 0 Å². The van der Waals surface area contributed by atoms with Crippen molar-refractivity contribution in [1.82, 2.24) is 0 Å². The van der Waals surface area contributed by atoms with E-state index in [1.54, 1.807) is 6.08 Å². The van der Waals surface area contributed by atoms with Gasteiger partial charge in [-0.2, -0.15) is 0 Å². The molecular formula is C21H30O4. The first-order valence-electron chi connectivity index (χ1n) is 9.52. The van der Waals surface area contributed by atoms with Gasteiger partial charge in [-0.1, -0.05) is 33.3 Å². The summed E-state index contributed by atoms with van der Waals surface area (Å²) in [6, 6.07) is 0. The van der Waals surface area contributed by atoms with Gasteiger partial charge in [-0.25, -0.2) is 4.79 Å². The average Bonchev–Trinajstić information content (AvgIpc) is 2.65. The molecule has 4 heteroatoms. The maximum absolute atomic E-state index is 13.2. The second kappa shape index (κ2) is 5.78. The maximum Gasteiger partial charge on any atom is 0.331 e. The van der Waals surface area contributed by atoms with E-state index in [0.29, 0.717) is 18.8 Å². The number of hydrogen-bond donors (Lipinski definition) is 1. The van der Waals surface area contributed by atoms with Crippen molar-refractivity contribution in [3.8, 4) is 0 Å². The highest BCUT2D eigenvalue weighted by molar-refractivity contribution is 6.10. The summed E-state index contributed by atoms with van der Waals surface area (Å²) in [5.74, 6) is -0.875. The number of rotatable bonds is 2. The van der Waals surface area contributed by atoms with Crippen LogP contribution in [0.25, 0.3) is 0 Å². The number of aliphatic carboxylic acids is 1. The van der Waals surface area contributed by atoms with E-state index in [1.807, 2.05) is 0 Å². The summed E-state index contributed by atoms with van der Waals surface area (Å²) in [6.07, 6.45) is 6.90. The summed E-state index contributed by atoms with van der Waals surface area (Å²) in [7, 11) is 0. The molecule has 0 amide bonds. The van der Waals surface area contributed by atoms with Gasteiger partial charge in [0.2, 0.25) is 0 Å². The molecular weight excluding hydrogens is 316 g/mol. The van der Waals surface area contributed by atoms with Gasteiger partial charge < -0.3 is 5.11 Å². The lowest BCUT2D eigenvalue weighted by molar-refractivity contribution is -0.168. The summed E-state index contributed by atoms with van der Waals surface area (Å²) >= 11 is 0. The quantitative estimate of drug-likeness (QED) is 0.762. The molecule has 3 aliphatic rings. The van der Waals surface area contributed by atoms with Crippen molar-refractivity contribution in [1.29, 1.82) is 0 Å². The standard InChI is InChI=1S/C21H30O4/c1-13(22)21-11-8-15-19(2,3)9-5-10-20(15,4)16(21)7-6-14(18(24)25)12-17(21)23/h6,15-16H,5,7-12H2,1-4H3,(H,24,25)/t15?,16-,20+,21+/m1/s1. The number of carboxylic acid groups (broad SMARTS) is 1. The summed E-state index contributed by atoms with van der Waals surface area (Å²) in [6.45, 7) is 8.42. The van der Waals surface area contributed by atoms with Crippen LogP contribution >= 0.6 is 0 Å². The van der Waals surface area contributed by atoms with Gasteiger partial charge in [0.1, 0.15) is 5.78 Å².